The molecule has 0 aliphatic rings. The molecule has 0 saturated heterocycles. The van der Waals surface area contributed by atoms with Gasteiger partial charge >= 0.3 is 0 Å². The molecule has 0 aliphatic heterocycles. The standard InChI is InChI=1S/C15H19F2N3S/c1-4-18-14-10(16)8-11(17)15(20-14)19-13(9(2)3)12-6-5-7-21-12/h5-9,13H,4H2,1-3H3,(H2,18,19,20). The molecule has 2 heterocycles. The molecule has 6 heteroatoms. The van der Waals surface area contributed by atoms with Gasteiger partial charge in [0.05, 0.1) is 6.04 Å². The zero-order chi connectivity index (χ0) is 15.4. The quantitative estimate of drug-likeness (QED) is 0.814. The number of halogens is 2. The molecule has 0 aromatic carbocycles. The summed E-state index contributed by atoms with van der Waals surface area (Å²) in [6.07, 6.45) is 0. The van der Waals surface area contributed by atoms with Crippen molar-refractivity contribution in [1.29, 1.82) is 0 Å². The molecule has 2 N–H and O–H groups in total. The van der Waals surface area contributed by atoms with Crippen molar-refractivity contribution in [2.24, 2.45) is 5.92 Å². The first-order valence-electron chi connectivity index (χ1n) is 6.92. The zero-order valence-corrected chi connectivity index (χ0v) is 13.1. The van der Waals surface area contributed by atoms with Crippen molar-refractivity contribution in [3.8, 4) is 0 Å². The van der Waals surface area contributed by atoms with E-state index in [-0.39, 0.29) is 23.6 Å². The van der Waals surface area contributed by atoms with Gasteiger partial charge in [0.25, 0.3) is 0 Å². The fourth-order valence-corrected chi connectivity index (χ4v) is 2.99. The van der Waals surface area contributed by atoms with Crippen LogP contribution in [-0.4, -0.2) is 11.5 Å². The van der Waals surface area contributed by atoms with Crippen molar-refractivity contribution < 1.29 is 8.78 Å². The minimum atomic E-state index is -0.684. The molecule has 0 bridgehead atoms. The van der Waals surface area contributed by atoms with Crippen molar-refractivity contribution in [3.63, 3.8) is 0 Å². The second kappa shape index (κ2) is 6.85. The molecule has 0 saturated carbocycles. The van der Waals surface area contributed by atoms with E-state index in [2.05, 4.69) is 15.6 Å². The predicted molar refractivity (Wildman–Crippen MR) is 83.8 cm³/mol. The number of hydrogen-bond donors (Lipinski definition) is 2. The zero-order valence-electron chi connectivity index (χ0n) is 12.3. The van der Waals surface area contributed by atoms with Crippen LogP contribution in [0.2, 0.25) is 0 Å². The first-order chi connectivity index (χ1) is 10.0. The molecule has 0 fully saturated rings. The highest BCUT2D eigenvalue weighted by Gasteiger charge is 2.20. The van der Waals surface area contributed by atoms with Gasteiger partial charge < -0.3 is 10.6 Å². The highest BCUT2D eigenvalue weighted by molar-refractivity contribution is 7.10. The van der Waals surface area contributed by atoms with E-state index in [1.54, 1.807) is 11.3 Å². The highest BCUT2D eigenvalue weighted by atomic mass is 32.1. The van der Waals surface area contributed by atoms with E-state index in [0.717, 1.165) is 10.9 Å². The summed E-state index contributed by atoms with van der Waals surface area (Å²) in [6, 6.07) is 4.75. The van der Waals surface area contributed by atoms with Gasteiger partial charge in [0.2, 0.25) is 0 Å². The van der Waals surface area contributed by atoms with Crippen LogP contribution in [0.25, 0.3) is 0 Å². The molecule has 0 aliphatic carbocycles. The third-order valence-corrected chi connectivity index (χ3v) is 4.04. The maximum atomic E-state index is 13.9. The number of nitrogens with zero attached hydrogens (tertiary/aromatic N) is 1. The van der Waals surface area contributed by atoms with E-state index in [9.17, 15) is 8.78 Å². The number of thiophene rings is 1. The van der Waals surface area contributed by atoms with Crippen LogP contribution in [0.4, 0.5) is 20.4 Å². The molecule has 3 nitrogen and oxygen atoms in total. The Kier molecular flexibility index (Phi) is 5.12. The monoisotopic (exact) mass is 311 g/mol. The van der Waals surface area contributed by atoms with Crippen LogP contribution >= 0.6 is 11.3 Å². The highest BCUT2D eigenvalue weighted by Crippen LogP contribution is 2.30. The van der Waals surface area contributed by atoms with Crippen molar-refractivity contribution >= 4 is 23.0 Å². The topological polar surface area (TPSA) is 37.0 Å². The Morgan fingerprint density at radius 3 is 2.52 bits per heavy atom. The molecule has 2 rings (SSSR count). The Balaban J connectivity index is 2.30. The summed E-state index contributed by atoms with van der Waals surface area (Å²) in [5.41, 5.74) is 0. The average molecular weight is 311 g/mol. The fourth-order valence-electron chi connectivity index (χ4n) is 2.04. The Morgan fingerprint density at radius 1 is 1.24 bits per heavy atom. The van der Waals surface area contributed by atoms with Crippen molar-refractivity contribution in [2.45, 2.75) is 26.8 Å². The van der Waals surface area contributed by atoms with Gasteiger partial charge in [-0.2, -0.15) is 0 Å². The van der Waals surface area contributed by atoms with Crippen molar-refractivity contribution in [3.05, 3.63) is 40.1 Å². The molecule has 0 spiro atoms. The van der Waals surface area contributed by atoms with Gasteiger partial charge in [0.15, 0.2) is 23.3 Å². The van der Waals surface area contributed by atoms with Crippen molar-refractivity contribution in [1.82, 2.24) is 4.98 Å². The summed E-state index contributed by atoms with van der Waals surface area (Å²) >= 11 is 1.60. The maximum absolute atomic E-state index is 13.9. The molecule has 2 aromatic rings. The van der Waals surface area contributed by atoms with Crippen LogP contribution in [0.5, 0.6) is 0 Å². The Labute approximate surface area is 127 Å². The summed E-state index contributed by atoms with van der Waals surface area (Å²) in [5, 5.41) is 7.86. The predicted octanol–water partition coefficient (Wildman–Crippen LogP) is 4.66. The molecule has 0 radical (unpaired) electrons. The molecule has 21 heavy (non-hydrogen) atoms. The van der Waals surface area contributed by atoms with Crippen LogP contribution in [-0.2, 0) is 0 Å². The van der Waals surface area contributed by atoms with E-state index in [4.69, 9.17) is 0 Å². The minimum absolute atomic E-state index is 0.0630. The second-order valence-corrected chi connectivity index (χ2v) is 6.04. The lowest BCUT2D eigenvalue weighted by atomic mass is 10.0. The summed E-state index contributed by atoms with van der Waals surface area (Å²) in [5.74, 6) is -0.986. The number of anilines is 2. The number of rotatable bonds is 6. The van der Waals surface area contributed by atoms with E-state index in [0.29, 0.717) is 6.54 Å². The third kappa shape index (κ3) is 3.69. The molecule has 0 amide bonds. The minimum Gasteiger partial charge on any atom is -0.368 e. The van der Waals surface area contributed by atoms with Crippen LogP contribution in [0.15, 0.2) is 23.6 Å². The number of nitrogens with one attached hydrogen (secondary N) is 2. The largest absolute Gasteiger partial charge is 0.368 e. The summed E-state index contributed by atoms with van der Waals surface area (Å²) in [7, 11) is 0. The van der Waals surface area contributed by atoms with E-state index >= 15 is 0 Å². The number of hydrogen-bond acceptors (Lipinski definition) is 4. The van der Waals surface area contributed by atoms with Crippen LogP contribution < -0.4 is 10.6 Å². The molecule has 1 unspecified atom stereocenters. The lowest BCUT2D eigenvalue weighted by Crippen LogP contribution is -2.18. The van der Waals surface area contributed by atoms with Crippen molar-refractivity contribution in [2.75, 3.05) is 17.2 Å². The van der Waals surface area contributed by atoms with Gasteiger partial charge in [-0.1, -0.05) is 19.9 Å². The SMILES string of the molecule is CCNc1nc(NC(c2cccs2)C(C)C)c(F)cc1F. The van der Waals surface area contributed by atoms with Gasteiger partial charge in [0, 0.05) is 17.5 Å². The lowest BCUT2D eigenvalue weighted by Gasteiger charge is -2.22. The van der Waals surface area contributed by atoms with E-state index in [1.165, 1.54) is 0 Å². The van der Waals surface area contributed by atoms with Gasteiger partial charge in [-0.25, -0.2) is 13.8 Å². The van der Waals surface area contributed by atoms with Gasteiger partial charge in [-0.05, 0) is 24.3 Å². The van der Waals surface area contributed by atoms with Crippen LogP contribution in [0, 0.1) is 17.6 Å². The maximum Gasteiger partial charge on any atom is 0.168 e. The van der Waals surface area contributed by atoms with Gasteiger partial charge in [-0.3, -0.25) is 0 Å². The Hall–Kier alpha value is -1.69. The van der Waals surface area contributed by atoms with Gasteiger partial charge in [-0.15, -0.1) is 11.3 Å². The van der Waals surface area contributed by atoms with E-state index < -0.39 is 11.6 Å². The number of aromatic nitrogens is 1. The van der Waals surface area contributed by atoms with Crippen LogP contribution in [0.1, 0.15) is 31.7 Å². The van der Waals surface area contributed by atoms with E-state index in [1.807, 2.05) is 38.3 Å². The Morgan fingerprint density at radius 2 is 1.95 bits per heavy atom. The average Bonchev–Trinajstić information content (AvgIpc) is 2.94. The molecular formula is C15H19F2N3S. The summed E-state index contributed by atoms with van der Waals surface area (Å²) < 4.78 is 27.5. The molecule has 114 valence electrons. The first kappa shape index (κ1) is 15.7. The summed E-state index contributed by atoms with van der Waals surface area (Å²) in [4.78, 5) is 5.12. The normalized spacial score (nSPS) is 12.5. The molecular weight excluding hydrogens is 292 g/mol. The first-order valence-corrected chi connectivity index (χ1v) is 7.80. The third-order valence-electron chi connectivity index (χ3n) is 3.08. The van der Waals surface area contributed by atoms with Crippen LogP contribution in [0.3, 0.4) is 0 Å². The smallest absolute Gasteiger partial charge is 0.168 e. The lowest BCUT2D eigenvalue weighted by molar-refractivity contribution is 0.537. The summed E-state index contributed by atoms with van der Waals surface area (Å²) in [6.45, 7) is 6.45. The number of pyridine rings is 1. The second-order valence-electron chi connectivity index (χ2n) is 5.06. The molecule has 1 atom stereocenters. The molecule has 2 aromatic heterocycles. The van der Waals surface area contributed by atoms with Gasteiger partial charge in [0.1, 0.15) is 0 Å². The fraction of sp³-hybridized carbons (Fsp3) is 0.400. The Bertz CT molecular complexity index is 585.